The van der Waals surface area contributed by atoms with Crippen LogP contribution in [0.1, 0.15) is 12.0 Å². The number of alkyl halides is 1. The molecule has 80 valence electrons. The lowest BCUT2D eigenvalue weighted by atomic mass is 10.2. The van der Waals surface area contributed by atoms with Crippen molar-refractivity contribution in [2.75, 3.05) is 18.5 Å². The summed E-state index contributed by atoms with van der Waals surface area (Å²) in [5, 5.41) is 10.0. The summed E-state index contributed by atoms with van der Waals surface area (Å²) >= 11 is 9.57. The van der Waals surface area contributed by atoms with Crippen molar-refractivity contribution in [2.24, 2.45) is 0 Å². The van der Waals surface area contributed by atoms with Crippen LogP contribution >= 0.6 is 27.5 Å². The zero-order valence-electron chi connectivity index (χ0n) is 8.50. The van der Waals surface area contributed by atoms with Gasteiger partial charge in [0, 0.05) is 18.9 Å². The molecule has 0 spiro atoms. The number of rotatable bonds is 4. The summed E-state index contributed by atoms with van der Waals surface area (Å²) in [6.07, 6.45) is 0.503. The largest absolute Gasteiger partial charge is 0.372 e. The van der Waals surface area contributed by atoms with E-state index in [0.717, 1.165) is 21.6 Å². The van der Waals surface area contributed by atoms with Crippen molar-refractivity contribution in [3.63, 3.8) is 0 Å². The second kappa shape index (κ2) is 5.99. The summed E-state index contributed by atoms with van der Waals surface area (Å²) in [4.78, 5) is 2.02. The average molecular weight is 288 g/mol. The van der Waals surface area contributed by atoms with E-state index in [0.29, 0.717) is 13.0 Å². The Kier molecular flexibility index (Phi) is 4.93. The molecule has 0 bridgehead atoms. The predicted molar refractivity (Wildman–Crippen MR) is 67.6 cm³/mol. The van der Waals surface area contributed by atoms with Gasteiger partial charge in [-0.2, -0.15) is 5.26 Å². The van der Waals surface area contributed by atoms with Gasteiger partial charge in [-0.05, 0) is 11.6 Å². The molecule has 0 N–H and O–H groups in total. The molecule has 0 aliphatic rings. The van der Waals surface area contributed by atoms with E-state index in [1.54, 1.807) is 0 Å². The van der Waals surface area contributed by atoms with Crippen LogP contribution in [0.25, 0.3) is 0 Å². The van der Waals surface area contributed by atoms with Crippen molar-refractivity contribution in [1.29, 1.82) is 5.26 Å². The highest BCUT2D eigenvalue weighted by Crippen LogP contribution is 2.30. The van der Waals surface area contributed by atoms with E-state index in [2.05, 4.69) is 22.0 Å². The highest BCUT2D eigenvalue weighted by molar-refractivity contribution is 9.08. The van der Waals surface area contributed by atoms with Gasteiger partial charge in [0.2, 0.25) is 0 Å². The van der Waals surface area contributed by atoms with Gasteiger partial charge in [-0.3, -0.25) is 0 Å². The Labute approximate surface area is 104 Å². The van der Waals surface area contributed by atoms with Crippen LogP contribution in [0.3, 0.4) is 0 Å². The molecule has 0 aliphatic carbocycles. The van der Waals surface area contributed by atoms with Crippen LogP contribution in [0.5, 0.6) is 0 Å². The molecule has 15 heavy (non-hydrogen) atoms. The number of halogens is 2. The molecule has 1 aromatic carbocycles. The lowest BCUT2D eigenvalue weighted by Crippen LogP contribution is -2.19. The number of benzene rings is 1. The molecule has 0 aromatic heterocycles. The average Bonchev–Trinajstić information content (AvgIpc) is 2.25. The van der Waals surface area contributed by atoms with Crippen molar-refractivity contribution in [3.05, 3.63) is 28.8 Å². The zero-order valence-corrected chi connectivity index (χ0v) is 10.8. The highest BCUT2D eigenvalue weighted by Gasteiger charge is 2.10. The van der Waals surface area contributed by atoms with Crippen LogP contribution < -0.4 is 4.90 Å². The quantitative estimate of drug-likeness (QED) is 0.791. The van der Waals surface area contributed by atoms with Gasteiger partial charge in [-0.25, -0.2) is 0 Å². The first-order valence-corrected chi connectivity index (χ1v) is 6.12. The number of anilines is 1. The molecule has 1 aromatic rings. The summed E-state index contributed by atoms with van der Waals surface area (Å²) in [6, 6.07) is 7.95. The van der Waals surface area contributed by atoms with Crippen LogP contribution in [-0.4, -0.2) is 13.6 Å². The van der Waals surface area contributed by atoms with Gasteiger partial charge < -0.3 is 4.90 Å². The van der Waals surface area contributed by atoms with E-state index in [9.17, 15) is 0 Å². The van der Waals surface area contributed by atoms with Crippen molar-refractivity contribution < 1.29 is 0 Å². The van der Waals surface area contributed by atoms with Gasteiger partial charge in [0.1, 0.15) is 0 Å². The molecular weight excluding hydrogens is 275 g/mol. The molecule has 0 saturated carbocycles. The molecular formula is C11H12BrClN2. The van der Waals surface area contributed by atoms with E-state index in [1.165, 1.54) is 0 Å². The molecule has 0 saturated heterocycles. The third-order valence-electron chi connectivity index (χ3n) is 2.16. The Hall–Kier alpha value is -0.720. The van der Waals surface area contributed by atoms with Gasteiger partial charge >= 0.3 is 0 Å². The predicted octanol–water partition coefficient (Wildman–Crippen LogP) is 3.58. The van der Waals surface area contributed by atoms with Crippen LogP contribution in [-0.2, 0) is 5.33 Å². The van der Waals surface area contributed by atoms with Crippen LogP contribution in [0.2, 0.25) is 5.02 Å². The molecule has 2 nitrogen and oxygen atoms in total. The van der Waals surface area contributed by atoms with Crippen molar-refractivity contribution >= 4 is 33.2 Å². The summed E-state index contributed by atoms with van der Waals surface area (Å²) in [5.41, 5.74) is 2.15. The van der Waals surface area contributed by atoms with Crippen molar-refractivity contribution in [1.82, 2.24) is 0 Å². The Balaban J connectivity index is 2.96. The van der Waals surface area contributed by atoms with Crippen molar-refractivity contribution in [2.45, 2.75) is 11.8 Å². The fourth-order valence-electron chi connectivity index (χ4n) is 1.42. The summed E-state index contributed by atoms with van der Waals surface area (Å²) in [5.74, 6) is 0. The molecule has 0 amide bonds. The van der Waals surface area contributed by atoms with E-state index in [4.69, 9.17) is 16.9 Å². The highest BCUT2D eigenvalue weighted by atomic mass is 79.9. The van der Waals surface area contributed by atoms with E-state index in [1.807, 2.05) is 30.1 Å². The van der Waals surface area contributed by atoms with Crippen LogP contribution in [0, 0.1) is 11.3 Å². The third-order valence-corrected chi connectivity index (χ3v) is 3.06. The normalized spacial score (nSPS) is 9.73. The zero-order chi connectivity index (χ0) is 11.3. The van der Waals surface area contributed by atoms with E-state index >= 15 is 0 Å². The van der Waals surface area contributed by atoms with Crippen molar-refractivity contribution in [3.8, 4) is 6.07 Å². The molecule has 0 heterocycles. The first kappa shape index (κ1) is 12.4. The van der Waals surface area contributed by atoms with Gasteiger partial charge in [0.15, 0.2) is 0 Å². The maximum atomic E-state index is 8.54. The van der Waals surface area contributed by atoms with Gasteiger partial charge in [-0.15, -0.1) is 0 Å². The summed E-state index contributed by atoms with van der Waals surface area (Å²) in [7, 11) is 1.95. The SMILES string of the molecule is CN(CCC#N)c1c(Cl)cccc1CBr. The van der Waals surface area contributed by atoms with Crippen LogP contribution in [0.4, 0.5) is 5.69 Å². The number of nitriles is 1. The molecule has 0 atom stereocenters. The standard InChI is InChI=1S/C11H12BrClN2/c1-15(7-3-6-14)11-9(8-12)4-2-5-10(11)13/h2,4-5H,3,7-8H2,1H3. The smallest absolute Gasteiger partial charge is 0.0642 e. The number of hydrogen-bond acceptors (Lipinski definition) is 2. The maximum Gasteiger partial charge on any atom is 0.0642 e. The summed E-state index contributed by atoms with van der Waals surface area (Å²) in [6.45, 7) is 0.695. The third kappa shape index (κ3) is 3.12. The van der Waals surface area contributed by atoms with E-state index < -0.39 is 0 Å². The first-order valence-electron chi connectivity index (χ1n) is 4.62. The fraction of sp³-hybridized carbons (Fsp3) is 0.364. The monoisotopic (exact) mass is 286 g/mol. The van der Waals surface area contributed by atoms with Crippen LogP contribution in [0.15, 0.2) is 18.2 Å². The summed E-state index contributed by atoms with van der Waals surface area (Å²) < 4.78 is 0. The van der Waals surface area contributed by atoms with E-state index in [-0.39, 0.29) is 0 Å². The molecule has 1 rings (SSSR count). The molecule has 0 radical (unpaired) electrons. The molecule has 0 fully saturated rings. The molecule has 0 aliphatic heterocycles. The number of para-hydroxylation sites is 1. The van der Waals surface area contributed by atoms with Gasteiger partial charge in [0.05, 0.1) is 23.2 Å². The Morgan fingerprint density at radius 2 is 2.27 bits per heavy atom. The molecule has 0 unspecified atom stereocenters. The Morgan fingerprint density at radius 3 is 2.87 bits per heavy atom. The Morgan fingerprint density at radius 1 is 1.53 bits per heavy atom. The Bertz CT molecular complexity index is 373. The molecule has 4 heteroatoms. The van der Waals surface area contributed by atoms with Gasteiger partial charge in [-0.1, -0.05) is 39.7 Å². The first-order chi connectivity index (χ1) is 7.20. The number of hydrogen-bond donors (Lipinski definition) is 0. The minimum absolute atomic E-state index is 0.503. The number of nitrogens with zero attached hydrogens (tertiary/aromatic N) is 2. The maximum absolute atomic E-state index is 8.54. The lowest BCUT2D eigenvalue weighted by molar-refractivity contribution is 0.900. The second-order valence-corrected chi connectivity index (χ2v) is 4.18. The topological polar surface area (TPSA) is 27.0 Å². The minimum atomic E-state index is 0.503. The minimum Gasteiger partial charge on any atom is -0.372 e. The second-order valence-electron chi connectivity index (χ2n) is 3.21. The van der Waals surface area contributed by atoms with Gasteiger partial charge in [0.25, 0.3) is 0 Å². The fourth-order valence-corrected chi connectivity index (χ4v) is 2.22. The lowest BCUT2D eigenvalue weighted by Gasteiger charge is -2.22.